The van der Waals surface area contributed by atoms with Gasteiger partial charge in [0.25, 0.3) is 0 Å². The summed E-state index contributed by atoms with van der Waals surface area (Å²) in [6.07, 6.45) is 4.83. The van der Waals surface area contributed by atoms with Crippen LogP contribution in [0.2, 0.25) is 0 Å². The number of rotatable bonds is 8. The third-order valence-corrected chi connectivity index (χ3v) is 3.70. The molecule has 28 heavy (non-hydrogen) atoms. The number of nitrogens with zero attached hydrogens (tertiary/aromatic N) is 1. The average Bonchev–Trinajstić information content (AvgIpc) is 3.06. The molecule has 0 aromatic heterocycles. The van der Waals surface area contributed by atoms with Crippen molar-refractivity contribution < 1.29 is 23.4 Å². The number of ether oxygens (including phenoxy) is 3. The lowest BCUT2D eigenvalue weighted by Gasteiger charge is -2.11. The van der Waals surface area contributed by atoms with Gasteiger partial charge in [0.2, 0.25) is 5.90 Å². The standard InChI is InChI=1S/C22H18FNO4/c1-3-11-26-19-10-5-15(14-20(19)27-12-4-2)13-18-22(25)28-21(24-18)16-6-8-17(23)9-7-16/h3-10,13-14H,1-2,11-12H2/b18-13-. The van der Waals surface area contributed by atoms with E-state index in [2.05, 4.69) is 18.2 Å². The van der Waals surface area contributed by atoms with Crippen LogP contribution in [0.3, 0.4) is 0 Å². The molecule has 2 aromatic rings. The second-order valence-electron chi connectivity index (χ2n) is 5.75. The summed E-state index contributed by atoms with van der Waals surface area (Å²) in [7, 11) is 0. The lowest BCUT2D eigenvalue weighted by Crippen LogP contribution is -2.05. The molecule has 2 aromatic carbocycles. The summed E-state index contributed by atoms with van der Waals surface area (Å²) in [6, 6.07) is 10.8. The van der Waals surface area contributed by atoms with Gasteiger partial charge in [-0.1, -0.05) is 31.4 Å². The van der Waals surface area contributed by atoms with Crippen molar-refractivity contribution in [1.29, 1.82) is 0 Å². The van der Waals surface area contributed by atoms with Crippen molar-refractivity contribution in [3.05, 3.63) is 90.4 Å². The maximum Gasteiger partial charge on any atom is 0.363 e. The van der Waals surface area contributed by atoms with Gasteiger partial charge in [-0.15, -0.1) is 0 Å². The molecule has 142 valence electrons. The summed E-state index contributed by atoms with van der Waals surface area (Å²) in [4.78, 5) is 16.3. The van der Waals surface area contributed by atoms with Gasteiger partial charge in [-0.2, -0.15) is 0 Å². The van der Waals surface area contributed by atoms with E-state index < -0.39 is 5.97 Å². The van der Waals surface area contributed by atoms with E-state index in [1.54, 1.807) is 36.4 Å². The molecule has 1 aliphatic rings. The Morgan fingerprint density at radius 1 is 1.00 bits per heavy atom. The Hall–Kier alpha value is -3.67. The molecule has 0 unspecified atom stereocenters. The van der Waals surface area contributed by atoms with Crippen molar-refractivity contribution in [2.24, 2.45) is 4.99 Å². The zero-order valence-electron chi connectivity index (χ0n) is 15.1. The van der Waals surface area contributed by atoms with Crippen LogP contribution in [0.15, 0.2) is 78.5 Å². The van der Waals surface area contributed by atoms with Gasteiger partial charge in [-0.25, -0.2) is 14.2 Å². The highest BCUT2D eigenvalue weighted by atomic mass is 19.1. The molecular formula is C22H18FNO4. The first-order chi connectivity index (χ1) is 13.6. The molecule has 1 heterocycles. The Labute approximate surface area is 162 Å². The van der Waals surface area contributed by atoms with Crippen LogP contribution in [-0.4, -0.2) is 25.1 Å². The molecule has 5 nitrogen and oxygen atoms in total. The summed E-state index contributed by atoms with van der Waals surface area (Å²) in [5.74, 6) is 0.221. The Morgan fingerprint density at radius 2 is 1.68 bits per heavy atom. The predicted molar refractivity (Wildman–Crippen MR) is 105 cm³/mol. The van der Waals surface area contributed by atoms with E-state index in [0.29, 0.717) is 35.8 Å². The number of carbonyl (C=O) groups excluding carboxylic acids is 1. The first-order valence-electron chi connectivity index (χ1n) is 8.50. The minimum absolute atomic E-state index is 0.130. The fourth-order valence-electron chi connectivity index (χ4n) is 2.43. The molecule has 6 heteroatoms. The van der Waals surface area contributed by atoms with Gasteiger partial charge in [0.1, 0.15) is 19.0 Å². The fraction of sp³-hybridized carbons (Fsp3) is 0.0909. The van der Waals surface area contributed by atoms with Crippen LogP contribution in [-0.2, 0) is 9.53 Å². The Kier molecular flexibility index (Phi) is 6.01. The zero-order valence-corrected chi connectivity index (χ0v) is 15.1. The highest BCUT2D eigenvalue weighted by molar-refractivity contribution is 6.12. The predicted octanol–water partition coefficient (Wildman–Crippen LogP) is 4.30. The molecule has 0 aliphatic carbocycles. The second-order valence-corrected chi connectivity index (χ2v) is 5.75. The molecule has 3 rings (SSSR count). The third kappa shape index (κ3) is 4.54. The number of halogens is 1. The second kappa shape index (κ2) is 8.81. The molecule has 0 bridgehead atoms. The molecule has 0 fully saturated rings. The van der Waals surface area contributed by atoms with Crippen LogP contribution >= 0.6 is 0 Å². The van der Waals surface area contributed by atoms with Gasteiger partial charge in [0.05, 0.1) is 0 Å². The van der Waals surface area contributed by atoms with Crippen LogP contribution in [0.1, 0.15) is 11.1 Å². The van der Waals surface area contributed by atoms with Gasteiger partial charge in [0.15, 0.2) is 17.2 Å². The van der Waals surface area contributed by atoms with Crippen LogP contribution in [0.25, 0.3) is 6.08 Å². The van der Waals surface area contributed by atoms with E-state index in [-0.39, 0.29) is 17.4 Å². The normalized spacial score (nSPS) is 14.4. The maximum absolute atomic E-state index is 13.1. The first-order valence-corrected chi connectivity index (χ1v) is 8.50. The van der Waals surface area contributed by atoms with Gasteiger partial charge in [-0.05, 0) is 48.0 Å². The molecule has 0 spiro atoms. The number of cyclic esters (lactones) is 1. The number of hydrogen-bond donors (Lipinski definition) is 0. The summed E-state index contributed by atoms with van der Waals surface area (Å²) in [6.45, 7) is 7.89. The van der Waals surface area contributed by atoms with Crippen molar-refractivity contribution in [2.75, 3.05) is 13.2 Å². The van der Waals surface area contributed by atoms with E-state index in [1.165, 1.54) is 24.3 Å². The highest BCUT2D eigenvalue weighted by Crippen LogP contribution is 2.30. The number of aliphatic imine (C=N–C) groups is 1. The fourth-order valence-corrected chi connectivity index (χ4v) is 2.43. The van der Waals surface area contributed by atoms with E-state index in [0.717, 1.165) is 0 Å². The van der Waals surface area contributed by atoms with Gasteiger partial charge in [-0.3, -0.25) is 0 Å². The molecule has 0 saturated carbocycles. The first kappa shape index (κ1) is 19.1. The summed E-state index contributed by atoms with van der Waals surface area (Å²) < 4.78 is 29.4. The SMILES string of the molecule is C=CCOc1ccc(/C=C2\N=C(c3ccc(F)cc3)OC2=O)cc1OCC=C. The third-order valence-electron chi connectivity index (χ3n) is 3.70. The summed E-state index contributed by atoms with van der Waals surface area (Å²) in [5, 5.41) is 0. The van der Waals surface area contributed by atoms with Crippen molar-refractivity contribution in [1.82, 2.24) is 0 Å². The lowest BCUT2D eigenvalue weighted by atomic mass is 10.1. The van der Waals surface area contributed by atoms with E-state index >= 15 is 0 Å². The molecule has 0 amide bonds. The number of benzene rings is 2. The highest BCUT2D eigenvalue weighted by Gasteiger charge is 2.24. The minimum Gasteiger partial charge on any atom is -0.486 e. The molecule has 0 saturated heterocycles. The molecular weight excluding hydrogens is 361 g/mol. The van der Waals surface area contributed by atoms with Crippen LogP contribution in [0, 0.1) is 5.82 Å². The molecule has 1 aliphatic heterocycles. The van der Waals surface area contributed by atoms with Crippen LogP contribution < -0.4 is 9.47 Å². The van der Waals surface area contributed by atoms with Crippen molar-refractivity contribution in [3.8, 4) is 11.5 Å². The van der Waals surface area contributed by atoms with Gasteiger partial charge >= 0.3 is 5.97 Å². The topological polar surface area (TPSA) is 57.1 Å². The lowest BCUT2D eigenvalue weighted by molar-refractivity contribution is -0.129. The van der Waals surface area contributed by atoms with Crippen molar-refractivity contribution in [3.63, 3.8) is 0 Å². The Balaban J connectivity index is 1.88. The quantitative estimate of drug-likeness (QED) is 0.390. The van der Waals surface area contributed by atoms with E-state index in [9.17, 15) is 9.18 Å². The molecule has 0 radical (unpaired) electrons. The maximum atomic E-state index is 13.1. The minimum atomic E-state index is -0.583. The number of hydrogen-bond acceptors (Lipinski definition) is 5. The Bertz CT molecular complexity index is 961. The van der Waals surface area contributed by atoms with Crippen molar-refractivity contribution in [2.45, 2.75) is 0 Å². The van der Waals surface area contributed by atoms with Gasteiger partial charge in [0, 0.05) is 5.56 Å². The van der Waals surface area contributed by atoms with Gasteiger partial charge < -0.3 is 14.2 Å². The summed E-state index contributed by atoms with van der Waals surface area (Å²) >= 11 is 0. The average molecular weight is 379 g/mol. The van der Waals surface area contributed by atoms with Crippen LogP contribution in [0.5, 0.6) is 11.5 Å². The molecule has 0 N–H and O–H groups in total. The monoisotopic (exact) mass is 379 g/mol. The van der Waals surface area contributed by atoms with Crippen LogP contribution in [0.4, 0.5) is 4.39 Å². The number of carbonyl (C=O) groups is 1. The van der Waals surface area contributed by atoms with E-state index in [4.69, 9.17) is 14.2 Å². The van der Waals surface area contributed by atoms with Crippen molar-refractivity contribution >= 4 is 17.9 Å². The number of esters is 1. The van der Waals surface area contributed by atoms with E-state index in [1.807, 2.05) is 0 Å². The summed E-state index contributed by atoms with van der Waals surface area (Å²) in [5.41, 5.74) is 1.33. The Morgan fingerprint density at radius 3 is 2.36 bits per heavy atom. The molecule has 0 atom stereocenters. The smallest absolute Gasteiger partial charge is 0.363 e. The zero-order chi connectivity index (χ0) is 19.9. The largest absolute Gasteiger partial charge is 0.486 e.